The number of imidazole rings is 1. The molecule has 0 saturated heterocycles. The van der Waals surface area contributed by atoms with Crippen LogP contribution in [0.15, 0.2) is 35.2 Å². The number of rotatable bonds is 6. The van der Waals surface area contributed by atoms with Gasteiger partial charge in [0.1, 0.15) is 6.10 Å². The average molecular weight is 372 g/mol. The van der Waals surface area contributed by atoms with E-state index in [0.717, 1.165) is 0 Å². The van der Waals surface area contributed by atoms with Crippen molar-refractivity contribution in [1.82, 2.24) is 15.3 Å². The molecule has 0 radical (unpaired) electrons. The predicted molar refractivity (Wildman–Crippen MR) is 80.7 cm³/mol. The minimum atomic E-state index is -0.900. The fourth-order valence-electron chi connectivity index (χ4n) is 1.71. The Hall–Kier alpha value is -1.93. The molecule has 8 heteroatoms. The number of nitrogens with one attached hydrogen (secondary N) is 2. The second-order valence-electron chi connectivity index (χ2n) is 4.60. The average Bonchev–Trinajstić information content (AvgIpc) is 3.01. The molecule has 1 unspecified atom stereocenters. The molecule has 0 bridgehead atoms. The van der Waals surface area contributed by atoms with Crippen molar-refractivity contribution in [1.29, 1.82) is 0 Å². The molecule has 1 aromatic carbocycles. The Balaban J connectivity index is 1.86. The van der Waals surface area contributed by atoms with Crippen LogP contribution in [-0.4, -0.2) is 33.6 Å². The summed E-state index contributed by atoms with van der Waals surface area (Å²) < 4.78 is 19.5. The molecule has 2 atom stereocenters. The van der Waals surface area contributed by atoms with Crippen molar-refractivity contribution in [2.24, 2.45) is 0 Å². The lowest BCUT2D eigenvalue weighted by molar-refractivity contribution is -0.127. The third-order valence-electron chi connectivity index (χ3n) is 2.91. The first-order valence-electron chi connectivity index (χ1n) is 6.53. The second-order valence-corrected chi connectivity index (χ2v) is 5.52. The zero-order valence-electron chi connectivity index (χ0n) is 11.7. The lowest BCUT2D eigenvalue weighted by Gasteiger charge is -2.16. The van der Waals surface area contributed by atoms with Crippen LogP contribution < -0.4 is 10.1 Å². The van der Waals surface area contributed by atoms with E-state index in [4.69, 9.17) is 4.74 Å². The fraction of sp³-hybridized carbons (Fsp3) is 0.286. The van der Waals surface area contributed by atoms with Gasteiger partial charge in [-0.3, -0.25) is 4.79 Å². The van der Waals surface area contributed by atoms with E-state index in [0.29, 0.717) is 10.2 Å². The highest BCUT2D eigenvalue weighted by atomic mass is 79.9. The van der Waals surface area contributed by atoms with Crippen molar-refractivity contribution < 1.29 is 19.0 Å². The Bertz CT molecular complexity index is 636. The fourth-order valence-corrected chi connectivity index (χ4v) is 2.05. The first-order valence-corrected chi connectivity index (χ1v) is 7.32. The van der Waals surface area contributed by atoms with Crippen LogP contribution in [0.1, 0.15) is 18.7 Å². The zero-order chi connectivity index (χ0) is 16.1. The number of hydrogen-bond acceptors (Lipinski definition) is 4. The molecule has 0 aliphatic heterocycles. The molecule has 6 nitrogen and oxygen atoms in total. The highest BCUT2D eigenvalue weighted by molar-refractivity contribution is 9.10. The lowest BCUT2D eigenvalue weighted by Crippen LogP contribution is -2.38. The number of aliphatic hydroxyl groups excluding tert-OH is 1. The van der Waals surface area contributed by atoms with Crippen LogP contribution in [-0.2, 0) is 4.79 Å². The Labute approximate surface area is 134 Å². The number of aromatic nitrogens is 2. The van der Waals surface area contributed by atoms with E-state index in [1.807, 2.05) is 0 Å². The maximum absolute atomic E-state index is 13.6. The first-order chi connectivity index (χ1) is 10.5. The number of aliphatic hydroxyl groups is 1. The van der Waals surface area contributed by atoms with Crippen molar-refractivity contribution in [3.63, 3.8) is 0 Å². The number of H-pyrrole nitrogens is 1. The van der Waals surface area contributed by atoms with E-state index in [-0.39, 0.29) is 12.3 Å². The number of hydrogen-bond donors (Lipinski definition) is 3. The summed E-state index contributed by atoms with van der Waals surface area (Å²) in [5, 5.41) is 12.3. The van der Waals surface area contributed by atoms with Gasteiger partial charge in [-0.2, -0.15) is 0 Å². The van der Waals surface area contributed by atoms with Crippen LogP contribution in [0.3, 0.4) is 0 Å². The SMILES string of the molecule is C[C@H](Oc1ccc(Br)cc1F)C(=O)NCC(O)c1cnc[nH]1. The molecule has 1 amide bonds. The second kappa shape index (κ2) is 7.37. The van der Waals surface area contributed by atoms with Crippen LogP contribution in [0.2, 0.25) is 0 Å². The van der Waals surface area contributed by atoms with E-state index in [9.17, 15) is 14.3 Å². The number of aromatic amines is 1. The van der Waals surface area contributed by atoms with Crippen LogP contribution in [0.25, 0.3) is 0 Å². The molecule has 3 N–H and O–H groups in total. The third-order valence-corrected chi connectivity index (χ3v) is 3.41. The number of ether oxygens (including phenoxy) is 1. The molecule has 1 heterocycles. The van der Waals surface area contributed by atoms with Gasteiger partial charge in [0.25, 0.3) is 5.91 Å². The van der Waals surface area contributed by atoms with E-state index in [2.05, 4.69) is 31.2 Å². The predicted octanol–water partition coefficient (Wildman–Crippen LogP) is 1.93. The highest BCUT2D eigenvalue weighted by Crippen LogP contribution is 2.22. The minimum Gasteiger partial charge on any atom is -0.478 e. The van der Waals surface area contributed by atoms with E-state index >= 15 is 0 Å². The molecule has 0 saturated carbocycles. The van der Waals surface area contributed by atoms with Gasteiger partial charge in [-0.15, -0.1) is 0 Å². The molecule has 2 aromatic rings. The number of benzene rings is 1. The first kappa shape index (κ1) is 16.4. The normalized spacial score (nSPS) is 13.5. The maximum atomic E-state index is 13.6. The van der Waals surface area contributed by atoms with E-state index < -0.39 is 23.9 Å². The molecule has 118 valence electrons. The summed E-state index contributed by atoms with van der Waals surface area (Å²) in [4.78, 5) is 18.4. The van der Waals surface area contributed by atoms with Gasteiger partial charge >= 0.3 is 0 Å². The Morgan fingerprint density at radius 2 is 2.36 bits per heavy atom. The van der Waals surface area contributed by atoms with Crippen LogP contribution in [0.5, 0.6) is 5.75 Å². The quantitative estimate of drug-likeness (QED) is 0.723. The van der Waals surface area contributed by atoms with Gasteiger partial charge in [0.05, 0.1) is 18.2 Å². The summed E-state index contributed by atoms with van der Waals surface area (Å²) in [6.45, 7) is 1.50. The largest absolute Gasteiger partial charge is 0.478 e. The highest BCUT2D eigenvalue weighted by Gasteiger charge is 2.18. The number of nitrogens with zero attached hydrogens (tertiary/aromatic N) is 1. The molecule has 0 spiro atoms. The Kier molecular flexibility index (Phi) is 5.51. The van der Waals surface area contributed by atoms with Crippen molar-refractivity contribution in [3.8, 4) is 5.75 Å². The van der Waals surface area contributed by atoms with Crippen LogP contribution in [0.4, 0.5) is 4.39 Å². The van der Waals surface area contributed by atoms with Gasteiger partial charge in [-0.1, -0.05) is 15.9 Å². The zero-order valence-corrected chi connectivity index (χ0v) is 13.3. The van der Waals surface area contributed by atoms with Gasteiger partial charge in [0.2, 0.25) is 0 Å². The van der Waals surface area contributed by atoms with Crippen LogP contribution in [0, 0.1) is 5.82 Å². The van der Waals surface area contributed by atoms with Gasteiger partial charge in [-0.25, -0.2) is 9.37 Å². The smallest absolute Gasteiger partial charge is 0.260 e. The van der Waals surface area contributed by atoms with E-state index in [1.165, 1.54) is 31.6 Å². The van der Waals surface area contributed by atoms with Crippen molar-refractivity contribution in [3.05, 3.63) is 46.7 Å². The number of halogens is 2. The summed E-state index contributed by atoms with van der Waals surface area (Å²) >= 11 is 3.14. The lowest BCUT2D eigenvalue weighted by atomic mass is 10.2. The molecule has 0 aliphatic rings. The maximum Gasteiger partial charge on any atom is 0.260 e. The Morgan fingerprint density at radius 1 is 1.59 bits per heavy atom. The van der Waals surface area contributed by atoms with Crippen molar-refractivity contribution in [2.75, 3.05) is 6.54 Å². The molecule has 1 aromatic heterocycles. The summed E-state index contributed by atoms with van der Waals surface area (Å²) in [7, 11) is 0. The third kappa shape index (κ3) is 4.28. The monoisotopic (exact) mass is 371 g/mol. The molecular formula is C14H15BrFN3O3. The number of carbonyl (C=O) groups excluding carboxylic acids is 1. The van der Waals surface area contributed by atoms with Crippen LogP contribution >= 0.6 is 15.9 Å². The number of amides is 1. The van der Waals surface area contributed by atoms with Crippen molar-refractivity contribution in [2.45, 2.75) is 19.1 Å². The Morgan fingerprint density at radius 3 is 3.00 bits per heavy atom. The summed E-state index contributed by atoms with van der Waals surface area (Å²) in [5.74, 6) is -1.03. The number of carbonyl (C=O) groups is 1. The summed E-state index contributed by atoms with van der Waals surface area (Å²) in [6, 6.07) is 4.30. The van der Waals surface area contributed by atoms with Gasteiger partial charge in [-0.05, 0) is 25.1 Å². The van der Waals surface area contributed by atoms with E-state index in [1.54, 1.807) is 6.07 Å². The minimum absolute atomic E-state index is 0.00243. The van der Waals surface area contributed by atoms with Gasteiger partial charge < -0.3 is 20.1 Å². The molecule has 22 heavy (non-hydrogen) atoms. The summed E-state index contributed by atoms with van der Waals surface area (Å²) in [5.41, 5.74) is 0.493. The van der Waals surface area contributed by atoms with Gasteiger partial charge in [0, 0.05) is 11.0 Å². The molecule has 0 fully saturated rings. The van der Waals surface area contributed by atoms with Gasteiger partial charge in [0.15, 0.2) is 17.7 Å². The molecular weight excluding hydrogens is 357 g/mol. The summed E-state index contributed by atoms with van der Waals surface area (Å²) in [6.07, 6.45) is 1.10. The van der Waals surface area contributed by atoms with Crippen molar-refractivity contribution >= 4 is 21.8 Å². The molecule has 2 rings (SSSR count). The standard InChI is InChI=1S/C14H15BrFN3O3/c1-8(22-13-3-2-9(15)4-10(13)16)14(21)18-6-12(20)11-5-17-7-19-11/h2-5,7-8,12,20H,6H2,1H3,(H,17,19)(H,18,21)/t8-,12?/m0/s1. The molecule has 0 aliphatic carbocycles. The topological polar surface area (TPSA) is 87.2 Å².